The zero-order valence-electron chi connectivity index (χ0n) is 14.8. The molecule has 1 amide bonds. The molecule has 0 aromatic carbocycles. The van der Waals surface area contributed by atoms with Gasteiger partial charge in [-0.2, -0.15) is 0 Å². The number of piperazine rings is 1. The first-order valence-corrected chi connectivity index (χ1v) is 9.14. The van der Waals surface area contributed by atoms with Gasteiger partial charge >= 0.3 is 0 Å². The van der Waals surface area contributed by atoms with Crippen molar-refractivity contribution in [1.82, 2.24) is 15.1 Å². The summed E-state index contributed by atoms with van der Waals surface area (Å²) >= 11 is 0. The Kier molecular flexibility index (Phi) is 8.30. The van der Waals surface area contributed by atoms with Crippen molar-refractivity contribution in [2.75, 3.05) is 59.2 Å². The van der Waals surface area contributed by atoms with Gasteiger partial charge in [0.2, 0.25) is 5.91 Å². The third-order valence-corrected chi connectivity index (χ3v) is 4.84. The molecule has 0 saturated carbocycles. The fourth-order valence-electron chi connectivity index (χ4n) is 3.43. The Balaban J connectivity index is 1.70. The monoisotopic (exact) mass is 327 g/mol. The standard InChI is InChI=1S/C17H33N3O3/c1-3-16-13-19(7-8-20(16)9-12-22-4-2)14-17(21)18-15-5-10-23-11-6-15/h15-16H,3-14H2,1-2H3,(H,18,21). The lowest BCUT2D eigenvalue weighted by Crippen LogP contribution is -2.56. The van der Waals surface area contributed by atoms with Crippen LogP contribution in [0.1, 0.15) is 33.1 Å². The number of hydrogen-bond donors (Lipinski definition) is 1. The van der Waals surface area contributed by atoms with Crippen molar-refractivity contribution in [2.45, 2.75) is 45.2 Å². The second-order valence-electron chi connectivity index (χ2n) is 6.48. The quantitative estimate of drug-likeness (QED) is 0.666. The van der Waals surface area contributed by atoms with Crippen LogP contribution >= 0.6 is 0 Å². The van der Waals surface area contributed by atoms with Crippen molar-refractivity contribution in [1.29, 1.82) is 0 Å². The highest BCUT2D eigenvalue weighted by Crippen LogP contribution is 2.13. The molecule has 2 aliphatic heterocycles. The maximum absolute atomic E-state index is 12.2. The molecule has 0 bridgehead atoms. The summed E-state index contributed by atoms with van der Waals surface area (Å²) in [6.07, 6.45) is 2.99. The van der Waals surface area contributed by atoms with Gasteiger partial charge < -0.3 is 14.8 Å². The van der Waals surface area contributed by atoms with Crippen LogP contribution in [-0.2, 0) is 14.3 Å². The normalized spacial score (nSPS) is 24.7. The van der Waals surface area contributed by atoms with Gasteiger partial charge in [0.05, 0.1) is 13.2 Å². The maximum atomic E-state index is 12.2. The number of ether oxygens (including phenoxy) is 2. The molecule has 1 unspecified atom stereocenters. The molecule has 1 N–H and O–H groups in total. The van der Waals surface area contributed by atoms with E-state index in [1.807, 2.05) is 6.92 Å². The highest BCUT2D eigenvalue weighted by atomic mass is 16.5. The van der Waals surface area contributed by atoms with Gasteiger partial charge in [-0.25, -0.2) is 0 Å². The fourth-order valence-corrected chi connectivity index (χ4v) is 3.43. The number of nitrogens with one attached hydrogen (secondary N) is 1. The minimum atomic E-state index is 0.162. The van der Waals surface area contributed by atoms with Gasteiger partial charge in [-0.05, 0) is 26.2 Å². The van der Waals surface area contributed by atoms with E-state index in [1.165, 1.54) is 0 Å². The van der Waals surface area contributed by atoms with Crippen LogP contribution in [0, 0.1) is 0 Å². The van der Waals surface area contributed by atoms with Gasteiger partial charge in [0.1, 0.15) is 0 Å². The Morgan fingerprint density at radius 2 is 2.04 bits per heavy atom. The molecule has 2 rings (SSSR count). The average Bonchev–Trinajstić information content (AvgIpc) is 2.57. The summed E-state index contributed by atoms with van der Waals surface area (Å²) in [6.45, 7) is 11.9. The zero-order chi connectivity index (χ0) is 16.5. The molecule has 0 aromatic heterocycles. The number of hydrogen-bond acceptors (Lipinski definition) is 5. The second-order valence-corrected chi connectivity index (χ2v) is 6.48. The fraction of sp³-hybridized carbons (Fsp3) is 0.941. The number of nitrogens with zero attached hydrogens (tertiary/aromatic N) is 2. The van der Waals surface area contributed by atoms with Crippen LogP contribution in [0.5, 0.6) is 0 Å². The van der Waals surface area contributed by atoms with Crippen molar-refractivity contribution in [2.24, 2.45) is 0 Å². The summed E-state index contributed by atoms with van der Waals surface area (Å²) in [5.41, 5.74) is 0. The van der Waals surface area contributed by atoms with E-state index in [0.29, 0.717) is 18.6 Å². The zero-order valence-corrected chi connectivity index (χ0v) is 14.8. The Labute approximate surface area is 140 Å². The molecule has 2 aliphatic rings. The smallest absolute Gasteiger partial charge is 0.234 e. The van der Waals surface area contributed by atoms with E-state index in [-0.39, 0.29) is 5.91 Å². The van der Waals surface area contributed by atoms with Gasteiger partial charge in [0.15, 0.2) is 0 Å². The first-order chi connectivity index (χ1) is 11.2. The molecule has 6 heteroatoms. The van der Waals surface area contributed by atoms with E-state index < -0.39 is 0 Å². The Bertz CT molecular complexity index is 348. The predicted molar refractivity (Wildman–Crippen MR) is 90.6 cm³/mol. The summed E-state index contributed by atoms with van der Waals surface area (Å²) in [5.74, 6) is 0.162. The van der Waals surface area contributed by atoms with Crippen LogP contribution in [-0.4, -0.2) is 86.9 Å². The topological polar surface area (TPSA) is 54.0 Å². The van der Waals surface area contributed by atoms with E-state index in [1.54, 1.807) is 0 Å². The Hall–Kier alpha value is -0.690. The summed E-state index contributed by atoms with van der Waals surface area (Å²) in [7, 11) is 0. The third kappa shape index (κ3) is 6.37. The van der Waals surface area contributed by atoms with Gasteiger partial charge in [0.25, 0.3) is 0 Å². The molecule has 2 heterocycles. The van der Waals surface area contributed by atoms with Gasteiger partial charge in [-0.1, -0.05) is 6.92 Å². The number of rotatable bonds is 8. The summed E-state index contributed by atoms with van der Waals surface area (Å²) in [4.78, 5) is 17.0. The van der Waals surface area contributed by atoms with Crippen molar-refractivity contribution >= 4 is 5.91 Å². The minimum absolute atomic E-state index is 0.162. The SMILES string of the molecule is CCOCCN1CCN(CC(=O)NC2CCOCC2)CC1CC. The molecule has 134 valence electrons. The van der Waals surface area contributed by atoms with Crippen molar-refractivity contribution in [3.05, 3.63) is 0 Å². The van der Waals surface area contributed by atoms with Gasteiger partial charge in [0, 0.05) is 58.1 Å². The molecule has 0 aromatic rings. The highest BCUT2D eigenvalue weighted by molar-refractivity contribution is 5.78. The van der Waals surface area contributed by atoms with Crippen LogP contribution in [0.4, 0.5) is 0 Å². The van der Waals surface area contributed by atoms with E-state index in [4.69, 9.17) is 9.47 Å². The molecular weight excluding hydrogens is 294 g/mol. The third-order valence-electron chi connectivity index (χ3n) is 4.84. The minimum Gasteiger partial charge on any atom is -0.381 e. The van der Waals surface area contributed by atoms with Crippen molar-refractivity contribution < 1.29 is 14.3 Å². The lowest BCUT2D eigenvalue weighted by molar-refractivity contribution is -0.124. The molecule has 6 nitrogen and oxygen atoms in total. The highest BCUT2D eigenvalue weighted by Gasteiger charge is 2.27. The molecular formula is C17H33N3O3. The lowest BCUT2D eigenvalue weighted by Gasteiger charge is -2.41. The van der Waals surface area contributed by atoms with E-state index in [0.717, 1.165) is 71.9 Å². The summed E-state index contributed by atoms with van der Waals surface area (Å²) in [5, 5.41) is 3.16. The lowest BCUT2D eigenvalue weighted by atomic mass is 10.1. The average molecular weight is 327 g/mol. The first kappa shape index (κ1) is 18.6. The molecule has 23 heavy (non-hydrogen) atoms. The molecule has 1 atom stereocenters. The predicted octanol–water partition coefficient (Wildman–Crippen LogP) is 0.714. The van der Waals surface area contributed by atoms with Gasteiger partial charge in [-0.3, -0.25) is 14.6 Å². The summed E-state index contributed by atoms with van der Waals surface area (Å²) < 4.78 is 10.8. The molecule has 0 spiro atoms. The first-order valence-electron chi connectivity index (χ1n) is 9.14. The Morgan fingerprint density at radius 1 is 1.26 bits per heavy atom. The van der Waals surface area contributed by atoms with Gasteiger partial charge in [-0.15, -0.1) is 0 Å². The van der Waals surface area contributed by atoms with E-state index in [9.17, 15) is 4.79 Å². The largest absolute Gasteiger partial charge is 0.381 e. The van der Waals surface area contributed by atoms with Crippen LogP contribution in [0.2, 0.25) is 0 Å². The van der Waals surface area contributed by atoms with E-state index in [2.05, 4.69) is 22.0 Å². The van der Waals surface area contributed by atoms with Crippen LogP contribution < -0.4 is 5.32 Å². The molecule has 0 radical (unpaired) electrons. The summed E-state index contributed by atoms with van der Waals surface area (Å²) in [6, 6.07) is 0.825. The number of carbonyl (C=O) groups is 1. The Morgan fingerprint density at radius 3 is 2.74 bits per heavy atom. The van der Waals surface area contributed by atoms with Crippen LogP contribution in [0.15, 0.2) is 0 Å². The number of carbonyl (C=O) groups excluding carboxylic acids is 1. The number of amides is 1. The maximum Gasteiger partial charge on any atom is 0.234 e. The molecule has 2 fully saturated rings. The van der Waals surface area contributed by atoms with Crippen LogP contribution in [0.3, 0.4) is 0 Å². The van der Waals surface area contributed by atoms with E-state index >= 15 is 0 Å². The second kappa shape index (κ2) is 10.2. The van der Waals surface area contributed by atoms with Crippen LogP contribution in [0.25, 0.3) is 0 Å². The van der Waals surface area contributed by atoms with Crippen molar-refractivity contribution in [3.8, 4) is 0 Å². The molecule has 0 aliphatic carbocycles. The van der Waals surface area contributed by atoms with Crippen molar-refractivity contribution in [3.63, 3.8) is 0 Å². The molecule has 2 saturated heterocycles.